The van der Waals surface area contributed by atoms with Crippen molar-refractivity contribution in [2.45, 2.75) is 45.3 Å². The number of methoxy groups -OCH3 is 1. The molecule has 1 aliphatic carbocycles. The van der Waals surface area contributed by atoms with Gasteiger partial charge >= 0.3 is 0 Å². The van der Waals surface area contributed by atoms with Gasteiger partial charge in [-0.1, -0.05) is 18.9 Å². The molecule has 3 heteroatoms. The minimum atomic E-state index is 0.342. The predicted octanol–water partition coefficient (Wildman–Crippen LogP) is 3.68. The number of ether oxygens (including phenoxy) is 2. The molecule has 0 bridgehead atoms. The third kappa shape index (κ3) is 3.97. The highest BCUT2D eigenvalue weighted by Crippen LogP contribution is 2.27. The van der Waals surface area contributed by atoms with E-state index < -0.39 is 0 Å². The van der Waals surface area contributed by atoms with Crippen LogP contribution in [0.3, 0.4) is 0 Å². The summed E-state index contributed by atoms with van der Waals surface area (Å²) in [5, 5.41) is 3.27. The summed E-state index contributed by atoms with van der Waals surface area (Å²) in [5.41, 5.74) is 2.41. The summed E-state index contributed by atoms with van der Waals surface area (Å²) in [6.45, 7) is 3.68. The SMILES string of the molecule is CNC(C)c1ccc(OC)c(COCC2CCCC2)c1. The van der Waals surface area contributed by atoms with E-state index >= 15 is 0 Å². The molecule has 0 saturated heterocycles. The first kappa shape index (κ1) is 15.3. The Bertz CT molecular complexity index is 413. The molecule has 1 fully saturated rings. The van der Waals surface area contributed by atoms with Gasteiger partial charge in [-0.15, -0.1) is 0 Å². The highest BCUT2D eigenvalue weighted by Gasteiger charge is 2.15. The molecule has 1 aromatic carbocycles. The summed E-state index contributed by atoms with van der Waals surface area (Å²) in [6, 6.07) is 6.68. The van der Waals surface area contributed by atoms with Gasteiger partial charge in [0.1, 0.15) is 5.75 Å². The molecule has 0 aliphatic heterocycles. The fourth-order valence-electron chi connectivity index (χ4n) is 2.86. The summed E-state index contributed by atoms with van der Waals surface area (Å²) in [6.07, 6.45) is 5.39. The second-order valence-electron chi connectivity index (χ2n) is 5.75. The predicted molar refractivity (Wildman–Crippen MR) is 82.1 cm³/mol. The fraction of sp³-hybridized carbons (Fsp3) is 0.647. The molecule has 0 heterocycles. The first-order chi connectivity index (χ1) is 9.74. The van der Waals surface area contributed by atoms with Crippen LogP contribution in [0, 0.1) is 5.92 Å². The van der Waals surface area contributed by atoms with Crippen molar-refractivity contribution >= 4 is 0 Å². The second kappa shape index (κ2) is 7.65. The van der Waals surface area contributed by atoms with Gasteiger partial charge in [-0.3, -0.25) is 0 Å². The van der Waals surface area contributed by atoms with Gasteiger partial charge in [-0.05, 0) is 50.4 Å². The van der Waals surface area contributed by atoms with Gasteiger partial charge in [-0.25, -0.2) is 0 Å². The van der Waals surface area contributed by atoms with E-state index in [0.29, 0.717) is 12.6 Å². The van der Waals surface area contributed by atoms with Crippen LogP contribution in [0.15, 0.2) is 18.2 Å². The van der Waals surface area contributed by atoms with Crippen LogP contribution < -0.4 is 10.1 Å². The van der Waals surface area contributed by atoms with Crippen molar-refractivity contribution in [2.75, 3.05) is 20.8 Å². The lowest BCUT2D eigenvalue weighted by atomic mass is 10.0. The zero-order valence-electron chi connectivity index (χ0n) is 12.9. The molecule has 3 nitrogen and oxygen atoms in total. The third-order valence-corrected chi connectivity index (χ3v) is 4.32. The van der Waals surface area contributed by atoms with E-state index in [1.165, 1.54) is 31.2 Å². The van der Waals surface area contributed by atoms with Crippen LogP contribution in [0.25, 0.3) is 0 Å². The van der Waals surface area contributed by atoms with Crippen LogP contribution in [0.2, 0.25) is 0 Å². The van der Waals surface area contributed by atoms with Crippen LogP contribution in [-0.4, -0.2) is 20.8 Å². The molecule has 1 N–H and O–H groups in total. The Morgan fingerprint density at radius 1 is 1.30 bits per heavy atom. The smallest absolute Gasteiger partial charge is 0.124 e. The van der Waals surface area contributed by atoms with Gasteiger partial charge in [0.2, 0.25) is 0 Å². The Morgan fingerprint density at radius 3 is 2.70 bits per heavy atom. The normalized spacial score (nSPS) is 17.4. The first-order valence-corrected chi connectivity index (χ1v) is 7.66. The van der Waals surface area contributed by atoms with Crippen molar-refractivity contribution < 1.29 is 9.47 Å². The fourth-order valence-corrected chi connectivity index (χ4v) is 2.86. The molecule has 20 heavy (non-hydrogen) atoms. The molecule has 0 amide bonds. The van der Waals surface area contributed by atoms with Crippen molar-refractivity contribution in [2.24, 2.45) is 5.92 Å². The zero-order chi connectivity index (χ0) is 14.4. The molecule has 1 aliphatic rings. The maximum Gasteiger partial charge on any atom is 0.124 e. The van der Waals surface area contributed by atoms with Crippen LogP contribution in [-0.2, 0) is 11.3 Å². The van der Waals surface area contributed by atoms with Crippen LogP contribution in [0.4, 0.5) is 0 Å². The van der Waals surface area contributed by atoms with E-state index in [1.54, 1.807) is 7.11 Å². The molecule has 0 spiro atoms. The molecule has 1 atom stereocenters. The Hall–Kier alpha value is -1.06. The van der Waals surface area contributed by atoms with Crippen molar-refractivity contribution in [1.29, 1.82) is 0 Å². The summed E-state index contributed by atoms with van der Waals surface area (Å²) >= 11 is 0. The van der Waals surface area contributed by atoms with Crippen LogP contribution >= 0.6 is 0 Å². The van der Waals surface area contributed by atoms with Crippen LogP contribution in [0.1, 0.15) is 49.8 Å². The molecule has 1 saturated carbocycles. The number of nitrogens with one attached hydrogen (secondary N) is 1. The Labute approximate surface area is 122 Å². The highest BCUT2D eigenvalue weighted by molar-refractivity contribution is 5.38. The van der Waals surface area contributed by atoms with E-state index in [0.717, 1.165) is 23.8 Å². The summed E-state index contributed by atoms with van der Waals surface area (Å²) in [7, 11) is 3.70. The molecule has 0 radical (unpaired) electrons. The summed E-state index contributed by atoms with van der Waals surface area (Å²) < 4.78 is 11.3. The molecular weight excluding hydrogens is 250 g/mol. The number of rotatable bonds is 7. The number of hydrogen-bond acceptors (Lipinski definition) is 3. The lowest BCUT2D eigenvalue weighted by Crippen LogP contribution is -2.13. The van der Waals surface area contributed by atoms with Gasteiger partial charge < -0.3 is 14.8 Å². The Morgan fingerprint density at radius 2 is 2.05 bits per heavy atom. The van der Waals surface area contributed by atoms with Gasteiger partial charge in [0.05, 0.1) is 13.7 Å². The van der Waals surface area contributed by atoms with E-state index in [2.05, 4.69) is 24.4 Å². The third-order valence-electron chi connectivity index (χ3n) is 4.32. The minimum absolute atomic E-state index is 0.342. The van der Waals surface area contributed by atoms with Crippen molar-refractivity contribution in [3.63, 3.8) is 0 Å². The zero-order valence-corrected chi connectivity index (χ0v) is 12.9. The molecule has 1 aromatic rings. The van der Waals surface area contributed by atoms with E-state index in [1.807, 2.05) is 13.1 Å². The summed E-state index contributed by atoms with van der Waals surface area (Å²) in [4.78, 5) is 0. The largest absolute Gasteiger partial charge is 0.496 e. The van der Waals surface area contributed by atoms with Crippen molar-refractivity contribution in [3.8, 4) is 5.75 Å². The maximum absolute atomic E-state index is 5.91. The molecular formula is C17H27NO2. The molecule has 112 valence electrons. The average molecular weight is 277 g/mol. The molecule has 0 aromatic heterocycles. The second-order valence-corrected chi connectivity index (χ2v) is 5.75. The lowest BCUT2D eigenvalue weighted by Gasteiger charge is -2.16. The lowest BCUT2D eigenvalue weighted by molar-refractivity contribution is 0.0874. The van der Waals surface area contributed by atoms with Gasteiger partial charge in [0, 0.05) is 18.2 Å². The highest BCUT2D eigenvalue weighted by atomic mass is 16.5. The van der Waals surface area contributed by atoms with Crippen molar-refractivity contribution in [3.05, 3.63) is 29.3 Å². The van der Waals surface area contributed by atoms with E-state index in [4.69, 9.17) is 9.47 Å². The number of hydrogen-bond donors (Lipinski definition) is 1. The quantitative estimate of drug-likeness (QED) is 0.824. The first-order valence-electron chi connectivity index (χ1n) is 7.66. The molecule has 1 unspecified atom stereocenters. The summed E-state index contributed by atoms with van der Waals surface area (Å²) in [5.74, 6) is 1.68. The van der Waals surface area contributed by atoms with E-state index in [-0.39, 0.29) is 0 Å². The number of benzene rings is 1. The Kier molecular flexibility index (Phi) is 5.86. The maximum atomic E-state index is 5.91. The van der Waals surface area contributed by atoms with Crippen molar-refractivity contribution in [1.82, 2.24) is 5.32 Å². The Balaban J connectivity index is 1.96. The standard InChI is InChI=1S/C17H27NO2/c1-13(18-2)15-8-9-17(19-3)16(10-15)12-20-11-14-6-4-5-7-14/h8-10,13-14,18H,4-7,11-12H2,1-3H3. The minimum Gasteiger partial charge on any atom is -0.496 e. The topological polar surface area (TPSA) is 30.5 Å². The monoisotopic (exact) mass is 277 g/mol. The molecule has 2 rings (SSSR count). The van der Waals surface area contributed by atoms with Gasteiger partial charge in [0.25, 0.3) is 0 Å². The van der Waals surface area contributed by atoms with Gasteiger partial charge in [0.15, 0.2) is 0 Å². The van der Waals surface area contributed by atoms with Gasteiger partial charge in [-0.2, -0.15) is 0 Å². The average Bonchev–Trinajstić information content (AvgIpc) is 2.99. The van der Waals surface area contributed by atoms with E-state index in [9.17, 15) is 0 Å². The van der Waals surface area contributed by atoms with Crippen LogP contribution in [0.5, 0.6) is 5.75 Å².